The molecule has 0 saturated carbocycles. The molecule has 2 aromatic heterocycles. The van der Waals surface area contributed by atoms with Gasteiger partial charge in [0.15, 0.2) is 5.76 Å². The van der Waals surface area contributed by atoms with Crippen LogP contribution in [-0.4, -0.2) is 4.98 Å². The Morgan fingerprint density at radius 2 is 1.27 bits per heavy atom. The second kappa shape index (κ2) is 8.44. The number of para-hydroxylation sites is 2. The molecule has 0 amide bonds. The van der Waals surface area contributed by atoms with Crippen LogP contribution in [0.2, 0.25) is 0 Å². The van der Waals surface area contributed by atoms with Crippen molar-refractivity contribution in [3.05, 3.63) is 133 Å². The lowest BCUT2D eigenvalue weighted by Crippen LogP contribution is -2.10. The zero-order valence-corrected chi connectivity index (χ0v) is 21.9. The van der Waals surface area contributed by atoms with Crippen LogP contribution in [0.15, 0.2) is 142 Å². The molecule has 2 heterocycles. The van der Waals surface area contributed by atoms with Crippen molar-refractivity contribution < 1.29 is 8.83 Å². The summed E-state index contributed by atoms with van der Waals surface area (Å²) >= 11 is 0. The quantitative estimate of drug-likeness (QED) is 0.229. The van der Waals surface area contributed by atoms with Crippen LogP contribution in [-0.2, 0) is 0 Å². The summed E-state index contributed by atoms with van der Waals surface area (Å²) in [6.07, 6.45) is 0. The molecule has 4 heteroatoms. The molecule has 0 spiro atoms. The van der Waals surface area contributed by atoms with Crippen molar-refractivity contribution in [1.29, 1.82) is 0 Å². The van der Waals surface area contributed by atoms with Gasteiger partial charge in [-0.25, -0.2) is 4.98 Å². The Labute approximate surface area is 235 Å². The van der Waals surface area contributed by atoms with Crippen LogP contribution in [0.25, 0.3) is 66.7 Å². The standard InChI is InChI=1S/C37H22N2O2/c1-3-10-23(11-4-1)37-38-35-29-16-9-15-28-31(21-20-30(34(28)29)36(35)41-37)39(24-12-5-2-6-13-24)25-18-19-27-26-14-7-8-17-32(26)40-33(27)22-25/h1-22H. The highest BCUT2D eigenvalue weighted by molar-refractivity contribution is 6.18. The number of hydrogen-bond acceptors (Lipinski definition) is 4. The van der Waals surface area contributed by atoms with Gasteiger partial charge in [-0.3, -0.25) is 0 Å². The SMILES string of the molecule is c1ccc(-c2nc3c(o2)-c2ccc(N(c4ccccc4)c4ccc5c(c4)oc4ccccc45)c4cccc-3c24)cc1. The van der Waals surface area contributed by atoms with Gasteiger partial charge in [-0.2, -0.15) is 0 Å². The number of fused-ring (bicyclic) bond motifs is 6. The van der Waals surface area contributed by atoms with Crippen LogP contribution in [0.3, 0.4) is 0 Å². The van der Waals surface area contributed by atoms with Gasteiger partial charge in [0.25, 0.3) is 0 Å². The van der Waals surface area contributed by atoms with E-state index in [1.807, 2.05) is 48.5 Å². The predicted molar refractivity (Wildman–Crippen MR) is 166 cm³/mol. The average Bonchev–Trinajstić information content (AvgIpc) is 3.71. The zero-order chi connectivity index (χ0) is 26.9. The number of hydrogen-bond donors (Lipinski definition) is 0. The van der Waals surface area contributed by atoms with E-state index in [2.05, 4.69) is 89.8 Å². The summed E-state index contributed by atoms with van der Waals surface area (Å²) in [5.41, 5.74) is 9.00. The van der Waals surface area contributed by atoms with Gasteiger partial charge < -0.3 is 13.7 Å². The number of nitrogens with zero attached hydrogens (tertiary/aromatic N) is 2. The highest BCUT2D eigenvalue weighted by atomic mass is 16.4. The van der Waals surface area contributed by atoms with Gasteiger partial charge in [0, 0.05) is 55.7 Å². The smallest absolute Gasteiger partial charge is 0.227 e. The van der Waals surface area contributed by atoms with E-state index < -0.39 is 0 Å². The number of rotatable bonds is 4. The molecule has 4 nitrogen and oxygen atoms in total. The van der Waals surface area contributed by atoms with Crippen molar-refractivity contribution in [2.75, 3.05) is 4.90 Å². The van der Waals surface area contributed by atoms with E-state index in [9.17, 15) is 0 Å². The fourth-order valence-corrected chi connectivity index (χ4v) is 6.22. The molecule has 1 aliphatic rings. The van der Waals surface area contributed by atoms with Crippen molar-refractivity contribution >= 4 is 49.8 Å². The Bertz CT molecular complexity index is 2230. The van der Waals surface area contributed by atoms with Crippen LogP contribution in [0.4, 0.5) is 17.1 Å². The molecular formula is C37H22N2O2. The lowest BCUT2D eigenvalue weighted by atomic mass is 10.0. The monoisotopic (exact) mass is 526 g/mol. The summed E-state index contributed by atoms with van der Waals surface area (Å²) in [6, 6.07) is 46.0. The number of benzene rings is 6. The van der Waals surface area contributed by atoms with Crippen LogP contribution in [0, 0.1) is 0 Å². The Morgan fingerprint density at radius 3 is 2.15 bits per heavy atom. The fraction of sp³-hybridized carbons (Fsp3) is 0. The van der Waals surface area contributed by atoms with E-state index in [0.717, 1.165) is 77.9 Å². The van der Waals surface area contributed by atoms with Crippen molar-refractivity contribution in [3.63, 3.8) is 0 Å². The predicted octanol–water partition coefficient (Wildman–Crippen LogP) is 10.5. The maximum absolute atomic E-state index is 6.39. The second-order valence-corrected chi connectivity index (χ2v) is 10.4. The highest BCUT2D eigenvalue weighted by Crippen LogP contribution is 2.52. The molecule has 6 aromatic carbocycles. The van der Waals surface area contributed by atoms with E-state index in [1.165, 1.54) is 0 Å². The Hall–Kier alpha value is -5.61. The first kappa shape index (κ1) is 22.2. The van der Waals surface area contributed by atoms with Crippen molar-refractivity contribution in [2.24, 2.45) is 0 Å². The molecular weight excluding hydrogens is 504 g/mol. The lowest BCUT2D eigenvalue weighted by Gasteiger charge is -2.27. The summed E-state index contributed by atoms with van der Waals surface area (Å²) in [7, 11) is 0. The zero-order valence-electron chi connectivity index (χ0n) is 21.9. The van der Waals surface area contributed by atoms with E-state index in [4.69, 9.17) is 13.8 Å². The minimum atomic E-state index is 0.646. The molecule has 8 aromatic rings. The summed E-state index contributed by atoms with van der Waals surface area (Å²) in [5.74, 6) is 1.48. The Morgan fingerprint density at radius 1 is 0.512 bits per heavy atom. The third-order valence-corrected chi connectivity index (χ3v) is 8.04. The van der Waals surface area contributed by atoms with Crippen LogP contribution >= 0.6 is 0 Å². The maximum atomic E-state index is 6.39. The number of anilines is 3. The largest absolute Gasteiger partial charge is 0.456 e. The summed E-state index contributed by atoms with van der Waals surface area (Å²) < 4.78 is 12.7. The van der Waals surface area contributed by atoms with Gasteiger partial charge in [0.05, 0.1) is 5.69 Å². The molecule has 0 aliphatic heterocycles. The topological polar surface area (TPSA) is 42.4 Å². The lowest BCUT2D eigenvalue weighted by molar-refractivity contribution is 0.590. The van der Waals surface area contributed by atoms with Gasteiger partial charge in [-0.05, 0) is 54.6 Å². The van der Waals surface area contributed by atoms with Crippen molar-refractivity contribution in [1.82, 2.24) is 4.98 Å². The van der Waals surface area contributed by atoms with E-state index in [1.54, 1.807) is 0 Å². The average molecular weight is 527 g/mol. The second-order valence-electron chi connectivity index (χ2n) is 10.4. The normalized spacial score (nSPS) is 11.9. The minimum absolute atomic E-state index is 0.646. The van der Waals surface area contributed by atoms with E-state index in [-0.39, 0.29) is 0 Å². The molecule has 0 atom stereocenters. The molecule has 1 aliphatic carbocycles. The van der Waals surface area contributed by atoms with Crippen molar-refractivity contribution in [3.8, 4) is 34.0 Å². The Balaban J connectivity index is 1.25. The minimum Gasteiger partial charge on any atom is -0.456 e. The molecule has 192 valence electrons. The van der Waals surface area contributed by atoms with Gasteiger partial charge >= 0.3 is 0 Å². The van der Waals surface area contributed by atoms with Gasteiger partial charge in [-0.15, -0.1) is 0 Å². The first-order chi connectivity index (χ1) is 20.3. The summed E-state index contributed by atoms with van der Waals surface area (Å²) in [6.45, 7) is 0. The molecule has 41 heavy (non-hydrogen) atoms. The Kier molecular flexibility index (Phi) is 4.58. The molecule has 0 fully saturated rings. The summed E-state index contributed by atoms with van der Waals surface area (Å²) in [5, 5.41) is 4.55. The third kappa shape index (κ3) is 3.25. The molecule has 0 unspecified atom stereocenters. The molecule has 0 bridgehead atoms. The van der Waals surface area contributed by atoms with Crippen LogP contribution in [0.1, 0.15) is 0 Å². The number of aromatic nitrogens is 1. The van der Waals surface area contributed by atoms with E-state index >= 15 is 0 Å². The van der Waals surface area contributed by atoms with Gasteiger partial charge in [0.2, 0.25) is 5.89 Å². The van der Waals surface area contributed by atoms with Crippen molar-refractivity contribution in [2.45, 2.75) is 0 Å². The fourth-order valence-electron chi connectivity index (χ4n) is 6.22. The third-order valence-electron chi connectivity index (χ3n) is 8.04. The summed E-state index contributed by atoms with van der Waals surface area (Å²) in [4.78, 5) is 7.26. The van der Waals surface area contributed by atoms with E-state index in [0.29, 0.717) is 5.89 Å². The number of furan rings is 1. The van der Waals surface area contributed by atoms with Gasteiger partial charge in [-0.1, -0.05) is 72.8 Å². The number of oxazole rings is 1. The molecule has 9 rings (SSSR count). The van der Waals surface area contributed by atoms with Crippen LogP contribution < -0.4 is 4.90 Å². The highest BCUT2D eigenvalue weighted by Gasteiger charge is 2.30. The first-order valence-electron chi connectivity index (χ1n) is 13.7. The van der Waals surface area contributed by atoms with Gasteiger partial charge in [0.1, 0.15) is 16.9 Å². The first-order valence-corrected chi connectivity index (χ1v) is 13.7. The maximum Gasteiger partial charge on any atom is 0.227 e. The molecule has 0 saturated heterocycles. The molecule has 0 N–H and O–H groups in total. The molecule has 0 radical (unpaired) electrons. The van der Waals surface area contributed by atoms with Crippen LogP contribution in [0.5, 0.6) is 0 Å².